The number of ether oxygens (including phenoxy) is 1. The summed E-state index contributed by atoms with van der Waals surface area (Å²) in [4.78, 5) is 22.5. The third-order valence-corrected chi connectivity index (χ3v) is 3.75. The van der Waals surface area contributed by atoms with Gasteiger partial charge in [-0.3, -0.25) is 9.59 Å². The Morgan fingerprint density at radius 2 is 1.77 bits per heavy atom. The lowest BCUT2D eigenvalue weighted by Gasteiger charge is -2.01. The van der Waals surface area contributed by atoms with E-state index in [9.17, 15) is 9.59 Å². The summed E-state index contributed by atoms with van der Waals surface area (Å²) in [7, 11) is 1.39. The zero-order chi connectivity index (χ0) is 16.2. The van der Waals surface area contributed by atoms with Crippen LogP contribution in [0.25, 0.3) is 0 Å². The predicted octanol–water partition coefficient (Wildman–Crippen LogP) is 3.25. The quantitative estimate of drug-likeness (QED) is 0.221. The van der Waals surface area contributed by atoms with E-state index in [0.29, 0.717) is 12.8 Å². The molecular formula is C16H21IN2O3. The van der Waals surface area contributed by atoms with E-state index in [-0.39, 0.29) is 11.9 Å². The summed E-state index contributed by atoms with van der Waals surface area (Å²) >= 11 is 2.24. The Bertz CT molecular complexity index is 501. The number of rotatable bonds is 9. The molecule has 1 amide bonds. The lowest BCUT2D eigenvalue weighted by atomic mass is 10.1. The summed E-state index contributed by atoms with van der Waals surface area (Å²) in [6, 6.07) is 7.85. The van der Waals surface area contributed by atoms with Crippen molar-refractivity contribution in [1.29, 1.82) is 0 Å². The van der Waals surface area contributed by atoms with Gasteiger partial charge in [0.15, 0.2) is 0 Å². The van der Waals surface area contributed by atoms with E-state index in [1.165, 1.54) is 7.11 Å². The van der Waals surface area contributed by atoms with Crippen molar-refractivity contribution in [2.45, 2.75) is 38.5 Å². The highest BCUT2D eigenvalue weighted by molar-refractivity contribution is 14.1. The van der Waals surface area contributed by atoms with Crippen molar-refractivity contribution in [2.24, 2.45) is 5.10 Å². The Labute approximate surface area is 144 Å². The minimum atomic E-state index is -0.178. The molecule has 0 radical (unpaired) electrons. The fourth-order valence-electron chi connectivity index (χ4n) is 1.79. The fourth-order valence-corrected chi connectivity index (χ4v) is 2.15. The number of benzene rings is 1. The van der Waals surface area contributed by atoms with E-state index in [2.05, 4.69) is 37.9 Å². The van der Waals surface area contributed by atoms with Crippen molar-refractivity contribution in [3.05, 3.63) is 33.4 Å². The van der Waals surface area contributed by atoms with Crippen LogP contribution in [0.3, 0.4) is 0 Å². The number of hydrogen-bond acceptors (Lipinski definition) is 4. The average Bonchev–Trinajstić information content (AvgIpc) is 2.52. The number of nitrogens with zero attached hydrogens (tertiary/aromatic N) is 1. The summed E-state index contributed by atoms with van der Waals surface area (Å²) in [5, 5.41) is 3.93. The molecule has 5 nitrogen and oxygen atoms in total. The highest BCUT2D eigenvalue weighted by Gasteiger charge is 2.01. The van der Waals surface area contributed by atoms with Gasteiger partial charge in [-0.2, -0.15) is 5.10 Å². The molecule has 0 atom stereocenters. The zero-order valence-corrected chi connectivity index (χ0v) is 14.8. The molecule has 0 saturated heterocycles. The Balaban J connectivity index is 2.08. The van der Waals surface area contributed by atoms with E-state index in [0.717, 1.165) is 34.8 Å². The number of hydrogen-bond donors (Lipinski definition) is 1. The van der Waals surface area contributed by atoms with Gasteiger partial charge in [-0.05, 0) is 53.1 Å². The lowest BCUT2D eigenvalue weighted by Crippen LogP contribution is -2.16. The number of nitrogens with one attached hydrogen (secondary N) is 1. The molecular weight excluding hydrogens is 395 g/mol. The Morgan fingerprint density at radius 3 is 2.41 bits per heavy atom. The third-order valence-electron chi connectivity index (χ3n) is 3.04. The third kappa shape index (κ3) is 8.76. The van der Waals surface area contributed by atoms with Crippen molar-refractivity contribution in [3.63, 3.8) is 0 Å². The Hall–Kier alpha value is -1.44. The molecule has 6 heteroatoms. The summed E-state index contributed by atoms with van der Waals surface area (Å²) in [5.74, 6) is -0.266. The minimum absolute atomic E-state index is 0.0882. The normalized spacial score (nSPS) is 10.6. The Morgan fingerprint density at radius 1 is 1.14 bits per heavy atom. The molecule has 1 N–H and O–H groups in total. The number of carbonyl (C=O) groups excluding carboxylic acids is 2. The summed E-state index contributed by atoms with van der Waals surface area (Å²) < 4.78 is 5.72. The molecule has 1 aromatic rings. The second-order valence-corrected chi connectivity index (χ2v) is 6.08. The van der Waals surface area contributed by atoms with Crippen LogP contribution in [0.5, 0.6) is 0 Å². The highest BCUT2D eigenvalue weighted by atomic mass is 127. The first-order valence-corrected chi connectivity index (χ1v) is 8.34. The monoisotopic (exact) mass is 416 g/mol. The van der Waals surface area contributed by atoms with Crippen molar-refractivity contribution in [3.8, 4) is 0 Å². The van der Waals surface area contributed by atoms with E-state index < -0.39 is 0 Å². The van der Waals surface area contributed by atoms with Gasteiger partial charge in [0.1, 0.15) is 0 Å². The molecule has 0 aliphatic carbocycles. The van der Waals surface area contributed by atoms with Crippen molar-refractivity contribution < 1.29 is 14.3 Å². The summed E-state index contributed by atoms with van der Waals surface area (Å²) in [5.41, 5.74) is 3.47. The van der Waals surface area contributed by atoms with Gasteiger partial charge in [0.05, 0.1) is 13.3 Å². The van der Waals surface area contributed by atoms with Crippen LogP contribution in [0.4, 0.5) is 0 Å². The van der Waals surface area contributed by atoms with Gasteiger partial charge in [-0.1, -0.05) is 25.0 Å². The maximum atomic E-state index is 11.6. The molecule has 0 unspecified atom stereocenters. The zero-order valence-electron chi connectivity index (χ0n) is 12.7. The highest BCUT2D eigenvalue weighted by Crippen LogP contribution is 2.06. The topological polar surface area (TPSA) is 67.8 Å². The molecule has 120 valence electrons. The molecule has 0 heterocycles. The number of amides is 1. The number of hydrazone groups is 1. The molecule has 0 aromatic heterocycles. The molecule has 1 aromatic carbocycles. The summed E-state index contributed by atoms with van der Waals surface area (Å²) in [6.45, 7) is 0. The second-order valence-electron chi connectivity index (χ2n) is 4.84. The molecule has 22 heavy (non-hydrogen) atoms. The van der Waals surface area contributed by atoms with Crippen LogP contribution in [-0.2, 0) is 14.3 Å². The molecule has 0 spiro atoms. The van der Waals surface area contributed by atoms with Crippen LogP contribution in [0.2, 0.25) is 0 Å². The number of halogens is 1. The molecule has 0 fully saturated rings. The second kappa shape index (κ2) is 11.2. The van der Waals surface area contributed by atoms with Crippen molar-refractivity contribution in [2.75, 3.05) is 7.11 Å². The average molecular weight is 416 g/mol. The van der Waals surface area contributed by atoms with Crippen molar-refractivity contribution in [1.82, 2.24) is 5.43 Å². The minimum Gasteiger partial charge on any atom is -0.469 e. The molecule has 0 aliphatic rings. The van der Waals surface area contributed by atoms with E-state index >= 15 is 0 Å². The van der Waals surface area contributed by atoms with Gasteiger partial charge in [0.2, 0.25) is 5.91 Å². The van der Waals surface area contributed by atoms with Crippen LogP contribution in [-0.4, -0.2) is 25.2 Å². The number of esters is 1. The predicted molar refractivity (Wildman–Crippen MR) is 94.6 cm³/mol. The molecule has 1 rings (SSSR count). The maximum Gasteiger partial charge on any atom is 0.305 e. The number of carbonyl (C=O) groups is 2. The first kappa shape index (κ1) is 18.6. The van der Waals surface area contributed by atoms with Gasteiger partial charge < -0.3 is 4.74 Å². The smallest absolute Gasteiger partial charge is 0.305 e. The van der Waals surface area contributed by atoms with Gasteiger partial charge in [-0.15, -0.1) is 0 Å². The number of methoxy groups -OCH3 is 1. The van der Waals surface area contributed by atoms with Crippen LogP contribution in [0.1, 0.15) is 44.1 Å². The Kier molecular flexibility index (Phi) is 9.45. The van der Waals surface area contributed by atoms with E-state index in [4.69, 9.17) is 0 Å². The molecule has 0 saturated carbocycles. The standard InChI is InChI=1S/C16H21IN2O3/c1-22-16(21)7-5-3-2-4-6-15(20)19-18-12-13-8-10-14(17)11-9-13/h8-12H,2-7H2,1H3,(H,19,20)/b18-12+. The van der Waals surface area contributed by atoms with Crippen LogP contribution < -0.4 is 5.43 Å². The van der Waals surface area contributed by atoms with Gasteiger partial charge >= 0.3 is 5.97 Å². The first-order chi connectivity index (χ1) is 10.6. The SMILES string of the molecule is COC(=O)CCCCCCC(=O)N/N=C/c1ccc(I)cc1. The lowest BCUT2D eigenvalue weighted by molar-refractivity contribution is -0.140. The maximum absolute atomic E-state index is 11.6. The fraction of sp³-hybridized carbons (Fsp3) is 0.438. The van der Waals surface area contributed by atoms with E-state index in [1.54, 1.807) is 6.21 Å². The largest absolute Gasteiger partial charge is 0.469 e. The number of unbranched alkanes of at least 4 members (excludes halogenated alkanes) is 3. The van der Waals surface area contributed by atoms with Gasteiger partial charge in [0, 0.05) is 16.4 Å². The van der Waals surface area contributed by atoms with Gasteiger partial charge in [-0.25, -0.2) is 5.43 Å². The van der Waals surface area contributed by atoms with Crippen molar-refractivity contribution >= 4 is 40.7 Å². The van der Waals surface area contributed by atoms with Gasteiger partial charge in [0.25, 0.3) is 0 Å². The summed E-state index contributed by atoms with van der Waals surface area (Å²) in [6.07, 6.45) is 5.97. The molecule has 0 aliphatic heterocycles. The molecule has 0 bridgehead atoms. The van der Waals surface area contributed by atoms with Crippen LogP contribution >= 0.6 is 22.6 Å². The van der Waals surface area contributed by atoms with Crippen LogP contribution in [0.15, 0.2) is 29.4 Å². The van der Waals surface area contributed by atoms with Crippen LogP contribution in [0, 0.1) is 3.57 Å². The van der Waals surface area contributed by atoms with E-state index in [1.807, 2.05) is 24.3 Å². The first-order valence-electron chi connectivity index (χ1n) is 7.26.